The number of alkyl halides is 3. The standard InChI is InChI=1S/C35H36ClF3N4O2/c1-21(2)45-30-19-29-26(18-28(30)36)31(33(44)42-34(13-14-34)23-8-4-3-5-9-23)27(20-43-15-11-25(40)12-16-43)32(41-29)22-7-6-10-24(17-22)35(37,38)39/h3-10,17-19,21,25H,11-16,20,40H2,1-2H3,(H,42,44). The number of aromatic nitrogens is 1. The number of fused-ring (bicyclic) bond motifs is 1. The number of piperidine rings is 1. The van der Waals surface area contributed by atoms with Crippen molar-refractivity contribution in [3.05, 3.63) is 94.0 Å². The van der Waals surface area contributed by atoms with Crippen molar-refractivity contribution in [3.8, 4) is 17.0 Å². The van der Waals surface area contributed by atoms with Crippen LogP contribution in [0.5, 0.6) is 5.75 Å². The minimum absolute atomic E-state index is 0.0838. The van der Waals surface area contributed by atoms with Crippen molar-refractivity contribution >= 4 is 28.4 Å². The van der Waals surface area contributed by atoms with Crippen molar-refractivity contribution in [1.82, 2.24) is 15.2 Å². The molecule has 1 aliphatic heterocycles. The molecular weight excluding hydrogens is 601 g/mol. The monoisotopic (exact) mass is 636 g/mol. The molecule has 6 nitrogen and oxygen atoms in total. The van der Waals surface area contributed by atoms with Gasteiger partial charge in [-0.15, -0.1) is 0 Å². The van der Waals surface area contributed by atoms with Gasteiger partial charge in [0.15, 0.2) is 0 Å². The van der Waals surface area contributed by atoms with Crippen molar-refractivity contribution < 1.29 is 22.7 Å². The molecule has 2 aliphatic rings. The van der Waals surface area contributed by atoms with Crippen molar-refractivity contribution in [2.45, 2.75) is 69.9 Å². The smallest absolute Gasteiger partial charge is 0.416 e. The topological polar surface area (TPSA) is 80.5 Å². The molecule has 236 valence electrons. The second kappa shape index (κ2) is 12.3. The lowest BCUT2D eigenvalue weighted by Crippen LogP contribution is -2.40. The number of carbonyl (C=O) groups is 1. The molecule has 6 rings (SSSR count). The number of amides is 1. The molecule has 1 amide bonds. The van der Waals surface area contributed by atoms with Crippen molar-refractivity contribution in [2.75, 3.05) is 13.1 Å². The maximum Gasteiger partial charge on any atom is 0.416 e. The summed E-state index contributed by atoms with van der Waals surface area (Å²) in [6.07, 6.45) is -1.62. The number of hydrogen-bond acceptors (Lipinski definition) is 5. The Balaban J connectivity index is 1.57. The van der Waals surface area contributed by atoms with Gasteiger partial charge in [0, 0.05) is 35.2 Å². The zero-order valence-electron chi connectivity index (χ0n) is 25.3. The Bertz CT molecular complexity index is 1720. The van der Waals surface area contributed by atoms with Gasteiger partial charge in [0.25, 0.3) is 5.91 Å². The minimum atomic E-state index is -4.55. The number of nitrogens with two attached hydrogens (primary N) is 1. The zero-order valence-corrected chi connectivity index (χ0v) is 26.0. The normalized spacial score (nSPS) is 17.1. The summed E-state index contributed by atoms with van der Waals surface area (Å²) in [5.41, 5.74) is 7.77. The first-order valence-corrected chi connectivity index (χ1v) is 15.7. The number of carbonyl (C=O) groups excluding carboxylic acids is 1. The molecule has 0 atom stereocenters. The van der Waals surface area contributed by atoms with E-state index in [1.165, 1.54) is 6.07 Å². The van der Waals surface area contributed by atoms with E-state index in [1.54, 1.807) is 18.2 Å². The molecule has 1 aliphatic carbocycles. The molecule has 1 saturated carbocycles. The van der Waals surface area contributed by atoms with Crippen molar-refractivity contribution in [2.24, 2.45) is 5.73 Å². The van der Waals surface area contributed by atoms with Crippen molar-refractivity contribution in [3.63, 3.8) is 0 Å². The summed E-state index contributed by atoms with van der Waals surface area (Å²) in [5, 5.41) is 4.13. The number of halogens is 4. The van der Waals surface area contributed by atoms with E-state index in [0.29, 0.717) is 58.1 Å². The number of hydrogen-bond donors (Lipinski definition) is 2. The molecule has 2 heterocycles. The van der Waals surface area contributed by atoms with Crippen LogP contribution in [0.1, 0.15) is 66.6 Å². The average molecular weight is 637 g/mol. The highest BCUT2D eigenvalue weighted by molar-refractivity contribution is 6.33. The number of nitrogens with one attached hydrogen (secondary N) is 1. The predicted molar refractivity (Wildman–Crippen MR) is 170 cm³/mol. The van der Waals surface area contributed by atoms with Crippen LogP contribution >= 0.6 is 11.6 Å². The van der Waals surface area contributed by atoms with Crippen molar-refractivity contribution in [1.29, 1.82) is 0 Å². The Hall–Kier alpha value is -3.66. The summed E-state index contributed by atoms with van der Waals surface area (Å²) in [6.45, 7) is 5.43. The predicted octanol–water partition coefficient (Wildman–Crippen LogP) is 7.70. The fraction of sp³-hybridized carbons (Fsp3) is 0.371. The highest BCUT2D eigenvalue weighted by Gasteiger charge is 2.46. The molecule has 0 unspecified atom stereocenters. The van der Waals surface area contributed by atoms with E-state index >= 15 is 0 Å². The summed E-state index contributed by atoms with van der Waals surface area (Å²) in [6, 6.07) is 18.4. The van der Waals surface area contributed by atoms with Crippen LogP contribution in [0.15, 0.2) is 66.7 Å². The van der Waals surface area contributed by atoms with Gasteiger partial charge < -0.3 is 15.8 Å². The summed E-state index contributed by atoms with van der Waals surface area (Å²) in [4.78, 5) is 21.7. The van der Waals surface area contributed by atoms with Crippen LogP contribution in [-0.4, -0.2) is 41.0 Å². The van der Waals surface area contributed by atoms with Gasteiger partial charge in [-0.2, -0.15) is 13.2 Å². The first kappa shape index (κ1) is 31.3. The van der Waals surface area contributed by atoms with E-state index < -0.39 is 17.3 Å². The molecular formula is C35H36ClF3N4O2. The lowest BCUT2D eigenvalue weighted by molar-refractivity contribution is -0.137. The molecule has 10 heteroatoms. The fourth-order valence-electron chi connectivity index (χ4n) is 6.13. The summed E-state index contributed by atoms with van der Waals surface area (Å²) in [5.74, 6) is 0.0584. The Morgan fingerprint density at radius 3 is 2.44 bits per heavy atom. The van der Waals surface area contributed by atoms with E-state index in [0.717, 1.165) is 43.4 Å². The molecule has 0 spiro atoms. The maximum atomic E-state index is 14.6. The molecule has 0 radical (unpaired) electrons. The van der Waals surface area contributed by atoms with E-state index in [-0.39, 0.29) is 23.6 Å². The third-order valence-electron chi connectivity index (χ3n) is 8.64. The van der Waals surface area contributed by atoms with Crippen LogP contribution in [0.4, 0.5) is 13.2 Å². The van der Waals surface area contributed by atoms with Gasteiger partial charge in [0.1, 0.15) is 5.75 Å². The van der Waals surface area contributed by atoms with Gasteiger partial charge in [-0.25, -0.2) is 4.98 Å². The van der Waals surface area contributed by atoms with Crippen LogP contribution in [-0.2, 0) is 18.3 Å². The number of nitrogens with zero attached hydrogens (tertiary/aromatic N) is 2. The summed E-state index contributed by atoms with van der Waals surface area (Å²) in [7, 11) is 0. The number of likely N-dealkylation sites (tertiary alicyclic amines) is 1. The minimum Gasteiger partial charge on any atom is -0.489 e. The molecule has 45 heavy (non-hydrogen) atoms. The van der Waals surface area contributed by atoms with Gasteiger partial charge in [-0.05, 0) is 76.4 Å². The first-order chi connectivity index (χ1) is 21.4. The number of benzene rings is 3. The molecule has 3 N–H and O–H groups in total. The second-order valence-electron chi connectivity index (χ2n) is 12.4. The van der Waals surface area contributed by atoms with Gasteiger partial charge >= 0.3 is 6.18 Å². The lowest BCUT2D eigenvalue weighted by Gasteiger charge is -2.31. The van der Waals surface area contributed by atoms with Gasteiger partial charge in [-0.1, -0.05) is 54.1 Å². The maximum absolute atomic E-state index is 14.6. The SMILES string of the molecule is CC(C)Oc1cc2nc(-c3cccc(C(F)(F)F)c3)c(CN3CCC(N)CC3)c(C(=O)NC3(c4ccccc4)CC3)c2cc1Cl. The Kier molecular flexibility index (Phi) is 8.54. The summed E-state index contributed by atoms with van der Waals surface area (Å²) >= 11 is 6.72. The molecule has 1 aromatic heterocycles. The average Bonchev–Trinajstić information content (AvgIpc) is 3.79. The van der Waals surface area contributed by atoms with Gasteiger partial charge in [-0.3, -0.25) is 9.69 Å². The highest BCUT2D eigenvalue weighted by Crippen LogP contribution is 2.46. The third kappa shape index (κ3) is 6.66. The fourth-order valence-corrected chi connectivity index (χ4v) is 6.33. The molecule has 3 aromatic carbocycles. The van der Waals surface area contributed by atoms with Gasteiger partial charge in [0.05, 0.1) is 39.0 Å². The molecule has 2 fully saturated rings. The van der Waals surface area contributed by atoms with Crippen LogP contribution in [0.3, 0.4) is 0 Å². The Labute approximate surface area is 265 Å². The summed E-state index contributed by atoms with van der Waals surface area (Å²) < 4.78 is 47.6. The quantitative estimate of drug-likeness (QED) is 0.207. The van der Waals surface area contributed by atoms with Crippen LogP contribution in [0.25, 0.3) is 22.2 Å². The Morgan fingerprint density at radius 2 is 1.80 bits per heavy atom. The lowest BCUT2D eigenvalue weighted by atomic mass is 9.93. The highest BCUT2D eigenvalue weighted by atomic mass is 35.5. The Morgan fingerprint density at radius 1 is 1.09 bits per heavy atom. The number of rotatable bonds is 8. The van der Waals surface area contributed by atoms with E-state index in [2.05, 4.69) is 10.2 Å². The zero-order chi connectivity index (χ0) is 31.9. The number of pyridine rings is 1. The van der Waals surface area contributed by atoms with Gasteiger partial charge in [0.2, 0.25) is 0 Å². The van der Waals surface area contributed by atoms with Crippen LogP contribution in [0.2, 0.25) is 5.02 Å². The molecule has 0 bridgehead atoms. The number of ether oxygens (including phenoxy) is 1. The van der Waals surface area contributed by atoms with Crippen LogP contribution < -0.4 is 15.8 Å². The van der Waals surface area contributed by atoms with E-state index in [9.17, 15) is 18.0 Å². The first-order valence-electron chi connectivity index (χ1n) is 15.3. The van der Waals surface area contributed by atoms with E-state index in [4.69, 9.17) is 27.1 Å². The van der Waals surface area contributed by atoms with Crippen LogP contribution in [0, 0.1) is 0 Å². The van der Waals surface area contributed by atoms with E-state index in [1.807, 2.05) is 44.2 Å². The molecule has 4 aromatic rings. The second-order valence-corrected chi connectivity index (χ2v) is 12.8. The third-order valence-corrected chi connectivity index (χ3v) is 8.93. The molecule has 1 saturated heterocycles. The largest absolute Gasteiger partial charge is 0.489 e.